The first kappa shape index (κ1) is 21.9. The van der Waals surface area contributed by atoms with E-state index >= 15 is 0 Å². The molecule has 3 aromatic carbocycles. The minimum absolute atomic E-state index is 0.0768. The quantitative estimate of drug-likeness (QED) is 0.313. The molecule has 1 unspecified atom stereocenters. The highest BCUT2D eigenvalue weighted by Gasteiger charge is 2.23. The minimum atomic E-state index is 0.0768. The van der Waals surface area contributed by atoms with E-state index < -0.39 is 0 Å². The van der Waals surface area contributed by atoms with Crippen molar-refractivity contribution >= 4 is 35.5 Å². The Labute approximate surface area is 193 Å². The predicted molar refractivity (Wildman–Crippen MR) is 132 cm³/mol. The number of benzene rings is 3. The van der Waals surface area contributed by atoms with E-state index in [0.717, 1.165) is 54.1 Å². The van der Waals surface area contributed by atoms with E-state index in [1.165, 1.54) is 21.6 Å². The van der Waals surface area contributed by atoms with Crippen molar-refractivity contribution < 1.29 is 4.79 Å². The van der Waals surface area contributed by atoms with Crippen molar-refractivity contribution in [2.24, 2.45) is 0 Å². The molecule has 3 aromatic rings. The van der Waals surface area contributed by atoms with Gasteiger partial charge in [0.05, 0.1) is 6.04 Å². The van der Waals surface area contributed by atoms with Crippen LogP contribution in [0.3, 0.4) is 0 Å². The van der Waals surface area contributed by atoms with Gasteiger partial charge in [-0.2, -0.15) is 0 Å². The first-order chi connectivity index (χ1) is 15.0. The normalized spacial score (nSPS) is 16.4. The Hall–Kier alpha value is -2.27. The van der Waals surface area contributed by atoms with Crippen LogP contribution in [0.15, 0.2) is 65.6 Å². The first-order valence-corrected chi connectivity index (χ1v) is 11.8. The summed E-state index contributed by atoms with van der Waals surface area (Å²) in [5, 5.41) is 0.804. The van der Waals surface area contributed by atoms with E-state index in [1.54, 1.807) is 11.9 Å². The van der Waals surface area contributed by atoms with Gasteiger partial charge in [-0.15, -0.1) is 0 Å². The van der Waals surface area contributed by atoms with Crippen molar-refractivity contribution in [1.82, 2.24) is 4.90 Å². The van der Waals surface area contributed by atoms with Gasteiger partial charge in [0.25, 0.3) is 0 Å². The van der Waals surface area contributed by atoms with Crippen LogP contribution in [0.2, 0.25) is 5.02 Å². The molecule has 0 bridgehead atoms. The summed E-state index contributed by atoms with van der Waals surface area (Å²) in [5.41, 5.74) is 6.91. The molecule has 1 fully saturated rings. The van der Waals surface area contributed by atoms with E-state index in [9.17, 15) is 4.79 Å². The summed E-state index contributed by atoms with van der Waals surface area (Å²) >= 11 is 7.82. The standard InChI is InChI=1S/C26H27ClN2OS/c1-18-14-26(19(2)13-25(18)27)31-28-23-6-3-5-22(15-23)21-10-8-20(9-11-21)16-29-12-4-7-24(29)17-30/h3,5-6,8-11,13-15,17,24,28H,4,7,12,16H2,1-2H3. The maximum atomic E-state index is 11.2. The third kappa shape index (κ3) is 5.32. The molecule has 5 heteroatoms. The second kappa shape index (κ2) is 9.90. The van der Waals surface area contributed by atoms with Crippen LogP contribution in [0.1, 0.15) is 29.5 Å². The lowest BCUT2D eigenvalue weighted by molar-refractivity contribution is -0.111. The SMILES string of the molecule is Cc1cc(SNc2cccc(-c3ccc(CN4CCCC4C=O)cc3)c2)c(C)cc1Cl. The van der Waals surface area contributed by atoms with Crippen molar-refractivity contribution in [2.45, 2.75) is 44.2 Å². The van der Waals surface area contributed by atoms with Gasteiger partial charge in [0.15, 0.2) is 0 Å². The summed E-state index contributed by atoms with van der Waals surface area (Å²) in [4.78, 5) is 14.7. The number of aldehydes is 1. The summed E-state index contributed by atoms with van der Waals surface area (Å²) in [6.07, 6.45) is 3.17. The van der Waals surface area contributed by atoms with Crippen LogP contribution in [0.25, 0.3) is 11.1 Å². The molecule has 31 heavy (non-hydrogen) atoms. The van der Waals surface area contributed by atoms with Crippen molar-refractivity contribution in [3.8, 4) is 11.1 Å². The van der Waals surface area contributed by atoms with Crippen molar-refractivity contribution in [1.29, 1.82) is 0 Å². The molecule has 1 aliphatic heterocycles. The number of carbonyl (C=O) groups excluding carboxylic acids is 1. The number of nitrogens with one attached hydrogen (secondary N) is 1. The Balaban J connectivity index is 1.43. The molecule has 160 valence electrons. The fraction of sp³-hybridized carbons (Fsp3) is 0.269. The Morgan fingerprint density at radius 1 is 1.06 bits per heavy atom. The molecule has 0 aliphatic carbocycles. The zero-order valence-corrected chi connectivity index (χ0v) is 19.5. The Morgan fingerprint density at radius 2 is 1.87 bits per heavy atom. The molecular formula is C26H27ClN2OS. The third-order valence-corrected chi connectivity index (χ3v) is 7.25. The van der Waals surface area contributed by atoms with Crippen LogP contribution in [0.4, 0.5) is 5.69 Å². The molecule has 0 aromatic heterocycles. The summed E-state index contributed by atoms with van der Waals surface area (Å²) in [5.74, 6) is 0. The van der Waals surface area contributed by atoms with E-state index in [4.69, 9.17) is 11.6 Å². The van der Waals surface area contributed by atoms with E-state index in [0.29, 0.717) is 0 Å². The molecule has 0 saturated carbocycles. The maximum Gasteiger partial charge on any atom is 0.137 e. The van der Waals surface area contributed by atoms with Crippen molar-refractivity contribution in [3.05, 3.63) is 82.4 Å². The molecule has 3 nitrogen and oxygen atoms in total. The third-order valence-electron chi connectivity index (χ3n) is 5.84. The molecule has 1 saturated heterocycles. The number of nitrogens with zero attached hydrogens (tertiary/aromatic N) is 1. The molecule has 0 radical (unpaired) electrons. The Kier molecular flexibility index (Phi) is 7.01. The highest BCUT2D eigenvalue weighted by molar-refractivity contribution is 8.00. The largest absolute Gasteiger partial charge is 0.326 e. The van der Waals surface area contributed by atoms with Crippen LogP contribution < -0.4 is 4.72 Å². The predicted octanol–water partition coefficient (Wildman–Crippen LogP) is 6.91. The smallest absolute Gasteiger partial charge is 0.137 e. The van der Waals surface area contributed by atoms with Gasteiger partial charge >= 0.3 is 0 Å². The zero-order valence-electron chi connectivity index (χ0n) is 17.9. The van der Waals surface area contributed by atoms with Gasteiger partial charge in [-0.05, 0) is 97.3 Å². The molecule has 1 atom stereocenters. The number of aryl methyl sites for hydroxylation is 2. The average Bonchev–Trinajstić information content (AvgIpc) is 3.23. The number of hydrogen-bond acceptors (Lipinski definition) is 4. The highest BCUT2D eigenvalue weighted by atomic mass is 35.5. The van der Waals surface area contributed by atoms with Gasteiger partial charge in [-0.25, -0.2) is 0 Å². The zero-order chi connectivity index (χ0) is 21.8. The minimum Gasteiger partial charge on any atom is -0.326 e. The average molecular weight is 451 g/mol. The Morgan fingerprint density at radius 3 is 2.65 bits per heavy atom. The number of carbonyl (C=O) groups is 1. The fourth-order valence-electron chi connectivity index (χ4n) is 3.98. The molecule has 4 rings (SSSR count). The lowest BCUT2D eigenvalue weighted by atomic mass is 10.0. The van der Waals surface area contributed by atoms with Gasteiger partial charge < -0.3 is 9.52 Å². The monoisotopic (exact) mass is 450 g/mol. The Bertz CT molecular complexity index is 1070. The topological polar surface area (TPSA) is 32.3 Å². The maximum absolute atomic E-state index is 11.2. The number of halogens is 1. The van der Waals surface area contributed by atoms with Crippen LogP contribution in [-0.4, -0.2) is 23.8 Å². The van der Waals surface area contributed by atoms with Gasteiger partial charge in [0.2, 0.25) is 0 Å². The number of hydrogen-bond donors (Lipinski definition) is 1. The van der Waals surface area contributed by atoms with Gasteiger partial charge in [-0.1, -0.05) is 48.0 Å². The number of rotatable bonds is 7. The van der Waals surface area contributed by atoms with Crippen molar-refractivity contribution in [3.63, 3.8) is 0 Å². The van der Waals surface area contributed by atoms with Gasteiger partial charge in [0.1, 0.15) is 6.29 Å². The number of likely N-dealkylation sites (tertiary alicyclic amines) is 1. The van der Waals surface area contributed by atoms with E-state index in [-0.39, 0.29) is 6.04 Å². The van der Waals surface area contributed by atoms with Crippen LogP contribution in [0.5, 0.6) is 0 Å². The van der Waals surface area contributed by atoms with Crippen LogP contribution in [-0.2, 0) is 11.3 Å². The molecule has 1 N–H and O–H groups in total. The second-order valence-electron chi connectivity index (χ2n) is 8.16. The van der Waals surface area contributed by atoms with Gasteiger partial charge in [0, 0.05) is 22.2 Å². The van der Waals surface area contributed by atoms with Gasteiger partial charge in [-0.3, -0.25) is 4.90 Å². The van der Waals surface area contributed by atoms with Crippen LogP contribution >= 0.6 is 23.5 Å². The lowest BCUT2D eigenvalue weighted by Gasteiger charge is -2.20. The highest BCUT2D eigenvalue weighted by Crippen LogP contribution is 2.31. The van der Waals surface area contributed by atoms with Crippen molar-refractivity contribution in [2.75, 3.05) is 11.3 Å². The molecule has 1 heterocycles. The lowest BCUT2D eigenvalue weighted by Crippen LogP contribution is -2.29. The number of anilines is 1. The summed E-state index contributed by atoms with van der Waals surface area (Å²) in [6.45, 7) is 5.94. The van der Waals surface area contributed by atoms with E-state index in [1.807, 2.05) is 13.0 Å². The first-order valence-electron chi connectivity index (χ1n) is 10.6. The summed E-state index contributed by atoms with van der Waals surface area (Å²) < 4.78 is 3.46. The van der Waals surface area contributed by atoms with Crippen LogP contribution in [0, 0.1) is 13.8 Å². The molecule has 0 spiro atoms. The molecule has 1 aliphatic rings. The summed E-state index contributed by atoms with van der Waals surface area (Å²) in [7, 11) is 0. The van der Waals surface area contributed by atoms with E-state index in [2.05, 4.69) is 71.1 Å². The summed E-state index contributed by atoms with van der Waals surface area (Å²) in [6, 6.07) is 21.3. The molecular weight excluding hydrogens is 424 g/mol. The fourth-order valence-corrected chi connectivity index (χ4v) is 5.01. The second-order valence-corrected chi connectivity index (χ2v) is 9.42. The molecule has 0 amide bonds.